The molecule has 0 aliphatic heterocycles. The molecule has 0 fully saturated rings. The van der Waals surface area contributed by atoms with Crippen molar-refractivity contribution >= 4 is 55.1 Å². The minimum atomic E-state index is -0.334. The molecule has 2 aromatic rings. The third-order valence-corrected chi connectivity index (χ3v) is 3.81. The standard InChI is InChI=1S/C13H9Br2ClN2O2/c1-20-11-8(5-7(14)6-9(11)15)13(19)18-10-3-2-4-17-12(10)16/h2-6H,1H3,(H,18,19). The number of pyridine rings is 1. The number of halogens is 3. The van der Waals surface area contributed by atoms with Crippen LogP contribution in [0.15, 0.2) is 39.4 Å². The molecule has 0 radical (unpaired) electrons. The average Bonchev–Trinajstić information content (AvgIpc) is 2.40. The average molecular weight is 420 g/mol. The van der Waals surface area contributed by atoms with Crippen LogP contribution in [0.1, 0.15) is 10.4 Å². The smallest absolute Gasteiger partial charge is 0.259 e. The highest BCUT2D eigenvalue weighted by atomic mass is 79.9. The molecule has 2 rings (SSSR count). The summed E-state index contributed by atoms with van der Waals surface area (Å²) < 4.78 is 6.68. The number of benzene rings is 1. The first kappa shape index (κ1) is 15.3. The van der Waals surface area contributed by atoms with Crippen LogP contribution in [0.4, 0.5) is 5.69 Å². The van der Waals surface area contributed by atoms with Crippen molar-refractivity contribution in [1.29, 1.82) is 0 Å². The molecule has 0 atom stereocenters. The minimum Gasteiger partial charge on any atom is -0.495 e. The molecule has 0 saturated heterocycles. The molecule has 0 spiro atoms. The van der Waals surface area contributed by atoms with E-state index < -0.39 is 0 Å². The molecule has 1 aromatic carbocycles. The van der Waals surface area contributed by atoms with Crippen LogP contribution in [0.25, 0.3) is 0 Å². The Bertz CT molecular complexity index is 665. The maximum Gasteiger partial charge on any atom is 0.259 e. The lowest BCUT2D eigenvalue weighted by molar-refractivity contribution is 0.102. The van der Waals surface area contributed by atoms with Gasteiger partial charge in [0.1, 0.15) is 5.75 Å². The van der Waals surface area contributed by atoms with Crippen molar-refractivity contribution in [1.82, 2.24) is 4.98 Å². The summed E-state index contributed by atoms with van der Waals surface area (Å²) >= 11 is 12.6. The molecular formula is C13H9Br2ClN2O2. The quantitative estimate of drug-likeness (QED) is 0.743. The van der Waals surface area contributed by atoms with Gasteiger partial charge in [-0.3, -0.25) is 4.79 Å². The summed E-state index contributed by atoms with van der Waals surface area (Å²) in [5.41, 5.74) is 0.825. The molecule has 7 heteroatoms. The number of anilines is 1. The number of nitrogens with zero attached hydrogens (tertiary/aromatic N) is 1. The predicted octanol–water partition coefficient (Wildman–Crippen LogP) is 4.52. The van der Waals surface area contributed by atoms with E-state index in [0.29, 0.717) is 21.5 Å². The molecule has 1 N–H and O–H groups in total. The molecule has 1 amide bonds. The zero-order valence-corrected chi connectivity index (χ0v) is 14.2. The molecule has 4 nitrogen and oxygen atoms in total. The van der Waals surface area contributed by atoms with Crippen LogP contribution in [0.2, 0.25) is 5.15 Å². The topological polar surface area (TPSA) is 51.2 Å². The van der Waals surface area contributed by atoms with Crippen molar-refractivity contribution in [2.45, 2.75) is 0 Å². The van der Waals surface area contributed by atoms with E-state index in [1.165, 1.54) is 7.11 Å². The van der Waals surface area contributed by atoms with Crippen molar-refractivity contribution in [3.63, 3.8) is 0 Å². The summed E-state index contributed by atoms with van der Waals surface area (Å²) in [6, 6.07) is 6.83. The lowest BCUT2D eigenvalue weighted by Gasteiger charge is -2.12. The van der Waals surface area contributed by atoms with E-state index in [1.54, 1.807) is 30.5 Å². The molecule has 0 aliphatic carbocycles. The van der Waals surface area contributed by atoms with Crippen LogP contribution in [-0.4, -0.2) is 18.0 Å². The summed E-state index contributed by atoms with van der Waals surface area (Å²) in [7, 11) is 1.50. The summed E-state index contributed by atoms with van der Waals surface area (Å²) in [5, 5.41) is 2.93. The maximum atomic E-state index is 12.3. The number of hydrogen-bond acceptors (Lipinski definition) is 3. The highest BCUT2D eigenvalue weighted by Crippen LogP contribution is 2.33. The van der Waals surface area contributed by atoms with Gasteiger partial charge in [0.15, 0.2) is 5.15 Å². The summed E-state index contributed by atoms with van der Waals surface area (Å²) in [6.07, 6.45) is 1.55. The molecule has 1 aromatic heterocycles. The number of aromatic nitrogens is 1. The number of rotatable bonds is 3. The van der Waals surface area contributed by atoms with Gasteiger partial charge in [0.05, 0.1) is 22.8 Å². The Hall–Kier alpha value is -1.11. The van der Waals surface area contributed by atoms with Crippen LogP contribution in [0.3, 0.4) is 0 Å². The molecule has 20 heavy (non-hydrogen) atoms. The Morgan fingerprint density at radius 2 is 2.15 bits per heavy atom. The van der Waals surface area contributed by atoms with E-state index in [9.17, 15) is 4.79 Å². The van der Waals surface area contributed by atoms with Crippen LogP contribution in [0, 0.1) is 0 Å². The Balaban J connectivity index is 2.37. The molecule has 0 bridgehead atoms. The van der Waals surface area contributed by atoms with Crippen molar-refractivity contribution in [2.75, 3.05) is 12.4 Å². The van der Waals surface area contributed by atoms with Crippen molar-refractivity contribution < 1.29 is 9.53 Å². The highest BCUT2D eigenvalue weighted by molar-refractivity contribution is 9.11. The number of carbonyl (C=O) groups is 1. The zero-order chi connectivity index (χ0) is 14.7. The van der Waals surface area contributed by atoms with Crippen LogP contribution < -0.4 is 10.1 Å². The highest BCUT2D eigenvalue weighted by Gasteiger charge is 2.17. The number of amides is 1. The minimum absolute atomic E-state index is 0.230. The molecule has 104 valence electrons. The Morgan fingerprint density at radius 1 is 1.40 bits per heavy atom. The number of methoxy groups -OCH3 is 1. The second-order valence-electron chi connectivity index (χ2n) is 3.76. The zero-order valence-electron chi connectivity index (χ0n) is 10.3. The largest absolute Gasteiger partial charge is 0.495 e. The van der Waals surface area contributed by atoms with E-state index in [4.69, 9.17) is 16.3 Å². The van der Waals surface area contributed by atoms with Gasteiger partial charge in [0.25, 0.3) is 5.91 Å². The fourth-order valence-electron chi connectivity index (χ4n) is 1.61. The van der Waals surface area contributed by atoms with E-state index in [2.05, 4.69) is 42.2 Å². The first-order valence-electron chi connectivity index (χ1n) is 5.48. The van der Waals surface area contributed by atoms with Crippen molar-refractivity contribution in [3.05, 3.63) is 50.1 Å². The fourth-order valence-corrected chi connectivity index (χ4v) is 3.16. The first-order valence-corrected chi connectivity index (χ1v) is 7.44. The summed E-state index contributed by atoms with van der Waals surface area (Å²) in [6.45, 7) is 0. The van der Waals surface area contributed by atoms with E-state index in [-0.39, 0.29) is 11.1 Å². The van der Waals surface area contributed by atoms with Gasteiger partial charge in [-0.25, -0.2) is 4.98 Å². The van der Waals surface area contributed by atoms with Crippen molar-refractivity contribution in [3.8, 4) is 5.75 Å². The van der Waals surface area contributed by atoms with Crippen LogP contribution in [0.5, 0.6) is 5.75 Å². The van der Waals surface area contributed by atoms with E-state index in [1.807, 2.05) is 0 Å². The van der Waals surface area contributed by atoms with Gasteiger partial charge < -0.3 is 10.1 Å². The third kappa shape index (κ3) is 3.31. The Morgan fingerprint density at radius 3 is 2.80 bits per heavy atom. The second kappa shape index (κ2) is 6.56. The molecular weight excluding hydrogens is 411 g/mol. The van der Waals surface area contributed by atoms with Crippen LogP contribution >= 0.6 is 43.5 Å². The van der Waals surface area contributed by atoms with Gasteiger partial charge in [-0.05, 0) is 40.2 Å². The Kier molecular flexibility index (Phi) is 5.01. The molecule has 1 heterocycles. The third-order valence-electron chi connectivity index (χ3n) is 2.46. The fraction of sp³-hybridized carbons (Fsp3) is 0.0769. The van der Waals surface area contributed by atoms with Gasteiger partial charge in [0.2, 0.25) is 0 Å². The molecule has 0 aliphatic rings. The van der Waals surface area contributed by atoms with Gasteiger partial charge in [0, 0.05) is 10.7 Å². The SMILES string of the molecule is COc1c(Br)cc(Br)cc1C(=O)Nc1cccnc1Cl. The predicted molar refractivity (Wildman–Crippen MR) is 85.6 cm³/mol. The van der Waals surface area contributed by atoms with E-state index >= 15 is 0 Å². The monoisotopic (exact) mass is 418 g/mol. The Labute approximate surface area is 137 Å². The van der Waals surface area contributed by atoms with Crippen molar-refractivity contribution in [2.24, 2.45) is 0 Å². The second-order valence-corrected chi connectivity index (χ2v) is 5.89. The van der Waals surface area contributed by atoms with Gasteiger partial charge in [-0.2, -0.15) is 0 Å². The van der Waals surface area contributed by atoms with Crippen LogP contribution in [-0.2, 0) is 0 Å². The van der Waals surface area contributed by atoms with E-state index in [0.717, 1.165) is 4.47 Å². The van der Waals surface area contributed by atoms with Gasteiger partial charge in [-0.1, -0.05) is 27.5 Å². The number of carbonyl (C=O) groups excluding carboxylic acids is 1. The lowest BCUT2D eigenvalue weighted by atomic mass is 10.2. The number of nitrogens with one attached hydrogen (secondary N) is 1. The molecule has 0 saturated carbocycles. The van der Waals surface area contributed by atoms with Gasteiger partial charge >= 0.3 is 0 Å². The maximum absolute atomic E-state index is 12.3. The first-order chi connectivity index (χ1) is 9.52. The molecule has 0 unspecified atom stereocenters. The summed E-state index contributed by atoms with van der Waals surface area (Å²) in [4.78, 5) is 16.2. The lowest BCUT2D eigenvalue weighted by Crippen LogP contribution is -2.14. The normalized spacial score (nSPS) is 10.2. The van der Waals surface area contributed by atoms with Gasteiger partial charge in [-0.15, -0.1) is 0 Å². The number of ether oxygens (including phenoxy) is 1. The summed E-state index contributed by atoms with van der Waals surface area (Å²) in [5.74, 6) is 0.115. The number of hydrogen-bond donors (Lipinski definition) is 1.